The molecule has 0 saturated carbocycles. The summed E-state index contributed by atoms with van der Waals surface area (Å²) in [6.45, 7) is 6.84. The largest absolute Gasteiger partial charge is 0.494 e. The second-order valence-electron chi connectivity index (χ2n) is 7.34. The molecule has 30 heavy (non-hydrogen) atoms. The fourth-order valence-electron chi connectivity index (χ4n) is 2.56. The predicted molar refractivity (Wildman–Crippen MR) is 125 cm³/mol. The zero-order chi connectivity index (χ0) is 21.9. The summed E-state index contributed by atoms with van der Waals surface area (Å²) in [6.07, 6.45) is 2.23. The van der Waals surface area contributed by atoms with Gasteiger partial charge in [0.1, 0.15) is 5.75 Å². The monoisotopic (exact) mass is 427 g/mol. The van der Waals surface area contributed by atoms with E-state index in [0.717, 1.165) is 12.8 Å². The lowest BCUT2D eigenvalue weighted by atomic mass is 10.1. The van der Waals surface area contributed by atoms with Crippen molar-refractivity contribution in [2.24, 2.45) is 5.92 Å². The van der Waals surface area contributed by atoms with Gasteiger partial charge in [0.2, 0.25) is 5.91 Å². The third-order valence-corrected chi connectivity index (χ3v) is 4.39. The smallest absolute Gasteiger partial charge is 0.257 e. The number of hydrogen-bond acceptors (Lipinski definition) is 4. The maximum Gasteiger partial charge on any atom is 0.257 e. The molecule has 6 nitrogen and oxygen atoms in total. The Morgan fingerprint density at radius 1 is 1.03 bits per heavy atom. The van der Waals surface area contributed by atoms with Crippen LogP contribution in [0.3, 0.4) is 0 Å². The molecular weight excluding hydrogens is 398 g/mol. The van der Waals surface area contributed by atoms with Crippen LogP contribution in [0.1, 0.15) is 50.4 Å². The van der Waals surface area contributed by atoms with Crippen molar-refractivity contribution in [3.63, 3.8) is 0 Å². The van der Waals surface area contributed by atoms with Gasteiger partial charge in [0.05, 0.1) is 6.61 Å². The summed E-state index contributed by atoms with van der Waals surface area (Å²) in [7, 11) is 0. The first-order valence-electron chi connectivity index (χ1n) is 10.1. The Balaban J connectivity index is 1.87. The van der Waals surface area contributed by atoms with Crippen molar-refractivity contribution in [2.75, 3.05) is 17.2 Å². The number of anilines is 2. The first-order valence-corrected chi connectivity index (χ1v) is 10.5. The predicted octanol–water partition coefficient (Wildman–Crippen LogP) is 4.98. The van der Waals surface area contributed by atoms with Gasteiger partial charge in [-0.1, -0.05) is 26.8 Å². The van der Waals surface area contributed by atoms with Crippen LogP contribution >= 0.6 is 12.2 Å². The zero-order valence-electron chi connectivity index (χ0n) is 17.7. The molecular formula is C23H29N3O3S. The normalized spacial score (nSPS) is 10.4. The van der Waals surface area contributed by atoms with Gasteiger partial charge >= 0.3 is 0 Å². The highest BCUT2D eigenvalue weighted by molar-refractivity contribution is 7.80. The summed E-state index contributed by atoms with van der Waals surface area (Å²) in [5, 5.41) is 8.64. The molecule has 2 aromatic rings. The molecule has 2 amide bonds. The van der Waals surface area contributed by atoms with Crippen molar-refractivity contribution >= 4 is 40.5 Å². The van der Waals surface area contributed by atoms with Gasteiger partial charge in [-0.3, -0.25) is 14.9 Å². The summed E-state index contributed by atoms with van der Waals surface area (Å²) in [5.74, 6) is 0.881. The van der Waals surface area contributed by atoms with E-state index in [1.54, 1.807) is 42.5 Å². The van der Waals surface area contributed by atoms with Crippen molar-refractivity contribution in [3.8, 4) is 5.75 Å². The van der Waals surface area contributed by atoms with Gasteiger partial charge < -0.3 is 15.4 Å². The molecule has 160 valence electrons. The van der Waals surface area contributed by atoms with E-state index in [1.807, 2.05) is 13.0 Å². The number of nitrogens with one attached hydrogen (secondary N) is 3. The van der Waals surface area contributed by atoms with E-state index in [9.17, 15) is 9.59 Å². The average molecular weight is 428 g/mol. The molecule has 0 radical (unpaired) electrons. The van der Waals surface area contributed by atoms with Gasteiger partial charge in [0.15, 0.2) is 5.11 Å². The molecule has 0 heterocycles. The highest BCUT2D eigenvalue weighted by atomic mass is 32.1. The van der Waals surface area contributed by atoms with Crippen LogP contribution in [0.15, 0.2) is 48.5 Å². The number of benzene rings is 2. The zero-order valence-corrected chi connectivity index (χ0v) is 18.5. The Labute approximate surface area is 183 Å². The van der Waals surface area contributed by atoms with Crippen LogP contribution in [0, 0.1) is 5.92 Å². The first-order chi connectivity index (χ1) is 14.4. The van der Waals surface area contributed by atoms with Crippen molar-refractivity contribution in [1.82, 2.24) is 5.32 Å². The molecule has 0 bridgehead atoms. The quantitative estimate of drug-likeness (QED) is 0.492. The molecule has 0 unspecified atom stereocenters. The molecule has 0 fully saturated rings. The second kappa shape index (κ2) is 11.9. The van der Waals surface area contributed by atoms with Crippen LogP contribution in [-0.4, -0.2) is 23.5 Å². The van der Waals surface area contributed by atoms with Gasteiger partial charge in [-0.05, 0) is 73.4 Å². The van der Waals surface area contributed by atoms with E-state index in [0.29, 0.717) is 41.6 Å². The summed E-state index contributed by atoms with van der Waals surface area (Å²) < 4.78 is 5.70. The Morgan fingerprint density at radius 2 is 1.70 bits per heavy atom. The summed E-state index contributed by atoms with van der Waals surface area (Å²) in [4.78, 5) is 24.1. The minimum absolute atomic E-state index is 0.0172. The van der Waals surface area contributed by atoms with Gasteiger partial charge in [0, 0.05) is 23.4 Å². The molecule has 0 atom stereocenters. The van der Waals surface area contributed by atoms with E-state index in [2.05, 4.69) is 29.8 Å². The Morgan fingerprint density at radius 3 is 2.33 bits per heavy atom. The lowest BCUT2D eigenvalue weighted by molar-refractivity contribution is -0.116. The molecule has 0 aliphatic rings. The lowest BCUT2D eigenvalue weighted by Gasteiger charge is -2.12. The van der Waals surface area contributed by atoms with E-state index >= 15 is 0 Å². The second-order valence-corrected chi connectivity index (χ2v) is 7.75. The molecule has 0 aliphatic heterocycles. The van der Waals surface area contributed by atoms with Gasteiger partial charge in [0.25, 0.3) is 5.91 Å². The Kier molecular flexibility index (Phi) is 9.28. The van der Waals surface area contributed by atoms with Gasteiger partial charge in [-0.2, -0.15) is 0 Å². The number of ether oxygens (including phenoxy) is 1. The number of rotatable bonds is 9. The average Bonchev–Trinajstić information content (AvgIpc) is 2.69. The minimum Gasteiger partial charge on any atom is -0.494 e. The van der Waals surface area contributed by atoms with Crippen LogP contribution in [-0.2, 0) is 4.79 Å². The topological polar surface area (TPSA) is 79.5 Å². The standard InChI is InChI=1S/C23H29N3O3S/c1-4-6-21(27)24-18-9-11-19(12-10-18)25-23(30)26-22(28)17-7-5-8-20(15-17)29-14-13-16(2)3/h5,7-12,15-16H,4,6,13-14H2,1-3H3,(H,24,27)(H2,25,26,28,30). The van der Waals surface area contributed by atoms with E-state index in [-0.39, 0.29) is 16.9 Å². The Hall–Kier alpha value is -2.93. The van der Waals surface area contributed by atoms with Gasteiger partial charge in [-0.25, -0.2) is 0 Å². The van der Waals surface area contributed by atoms with Crippen molar-refractivity contribution in [1.29, 1.82) is 0 Å². The molecule has 0 saturated heterocycles. The number of amides is 2. The lowest BCUT2D eigenvalue weighted by Crippen LogP contribution is -2.34. The SMILES string of the molecule is CCCC(=O)Nc1ccc(NC(=S)NC(=O)c2cccc(OCCC(C)C)c2)cc1. The fraction of sp³-hybridized carbons (Fsp3) is 0.348. The third-order valence-electron chi connectivity index (χ3n) is 4.19. The number of carbonyl (C=O) groups excluding carboxylic acids is 2. The number of thiocarbonyl (C=S) groups is 1. The first kappa shape index (κ1) is 23.3. The highest BCUT2D eigenvalue weighted by Gasteiger charge is 2.10. The summed E-state index contributed by atoms with van der Waals surface area (Å²) >= 11 is 5.24. The molecule has 2 rings (SSSR count). The summed E-state index contributed by atoms with van der Waals surface area (Å²) in [6, 6.07) is 14.1. The van der Waals surface area contributed by atoms with Crippen LogP contribution in [0.4, 0.5) is 11.4 Å². The fourth-order valence-corrected chi connectivity index (χ4v) is 2.78. The van der Waals surface area contributed by atoms with Crippen LogP contribution < -0.4 is 20.7 Å². The molecule has 0 spiro atoms. The van der Waals surface area contributed by atoms with E-state index < -0.39 is 0 Å². The van der Waals surface area contributed by atoms with E-state index in [4.69, 9.17) is 17.0 Å². The van der Waals surface area contributed by atoms with Crippen LogP contribution in [0.5, 0.6) is 5.75 Å². The van der Waals surface area contributed by atoms with Crippen LogP contribution in [0.2, 0.25) is 0 Å². The molecule has 0 aromatic heterocycles. The van der Waals surface area contributed by atoms with Crippen molar-refractivity contribution in [2.45, 2.75) is 40.0 Å². The third kappa shape index (κ3) is 8.21. The summed E-state index contributed by atoms with van der Waals surface area (Å²) in [5.41, 5.74) is 1.89. The molecule has 7 heteroatoms. The van der Waals surface area contributed by atoms with Crippen LogP contribution in [0.25, 0.3) is 0 Å². The maximum atomic E-state index is 12.5. The Bertz CT molecular complexity index is 866. The number of hydrogen-bond donors (Lipinski definition) is 3. The van der Waals surface area contributed by atoms with Crippen molar-refractivity contribution in [3.05, 3.63) is 54.1 Å². The molecule has 0 aliphatic carbocycles. The maximum absolute atomic E-state index is 12.5. The minimum atomic E-state index is -0.315. The molecule has 2 aromatic carbocycles. The van der Waals surface area contributed by atoms with E-state index in [1.165, 1.54) is 0 Å². The van der Waals surface area contributed by atoms with Gasteiger partial charge in [-0.15, -0.1) is 0 Å². The molecule has 3 N–H and O–H groups in total. The van der Waals surface area contributed by atoms with Crippen molar-refractivity contribution < 1.29 is 14.3 Å². The number of carbonyl (C=O) groups is 2. The highest BCUT2D eigenvalue weighted by Crippen LogP contribution is 2.16.